The van der Waals surface area contributed by atoms with Crippen LogP contribution >= 0.6 is 0 Å². The monoisotopic (exact) mass is 317 g/mol. The molecule has 24 heavy (non-hydrogen) atoms. The molecule has 4 rings (SSSR count). The Morgan fingerprint density at radius 3 is 2.38 bits per heavy atom. The average molecular weight is 317 g/mol. The fourth-order valence-electron chi connectivity index (χ4n) is 2.34. The van der Waals surface area contributed by atoms with E-state index in [9.17, 15) is 0 Å². The molecule has 0 saturated heterocycles. The Morgan fingerprint density at radius 2 is 1.62 bits per heavy atom. The molecule has 0 aliphatic rings. The lowest BCUT2D eigenvalue weighted by molar-refractivity contribution is 0.842. The third-order valence-corrected chi connectivity index (χ3v) is 3.56. The number of anilines is 1. The van der Waals surface area contributed by atoms with Crippen molar-refractivity contribution in [2.45, 2.75) is 6.54 Å². The number of nitrogens with zero attached hydrogens (tertiary/aromatic N) is 6. The maximum atomic E-state index is 4.47. The van der Waals surface area contributed by atoms with Crippen LogP contribution in [0.25, 0.3) is 11.4 Å². The molecule has 0 amide bonds. The average Bonchev–Trinajstić information content (AvgIpc) is 3.33. The standard InChI is InChI=1S/C17H15N7/c1-2-4-15(5-3-1)24-13-20-17(22-24)10-19-14-6-8-16(9-7-14)23-12-18-11-21-23/h1-9,11-13,19H,10H2. The van der Waals surface area contributed by atoms with Crippen LogP contribution in [0.5, 0.6) is 0 Å². The highest BCUT2D eigenvalue weighted by Crippen LogP contribution is 2.13. The summed E-state index contributed by atoms with van der Waals surface area (Å²) in [7, 11) is 0. The summed E-state index contributed by atoms with van der Waals surface area (Å²) in [6, 6.07) is 17.9. The van der Waals surface area contributed by atoms with Crippen molar-refractivity contribution in [3.63, 3.8) is 0 Å². The number of benzene rings is 2. The molecule has 2 aromatic carbocycles. The van der Waals surface area contributed by atoms with Crippen molar-refractivity contribution in [1.29, 1.82) is 0 Å². The number of rotatable bonds is 5. The van der Waals surface area contributed by atoms with Crippen molar-refractivity contribution < 1.29 is 0 Å². The third-order valence-electron chi connectivity index (χ3n) is 3.56. The molecule has 0 aliphatic heterocycles. The molecule has 7 heteroatoms. The highest BCUT2D eigenvalue weighted by molar-refractivity contribution is 5.48. The predicted octanol–water partition coefficient (Wildman–Crippen LogP) is 2.46. The van der Waals surface area contributed by atoms with E-state index in [0.29, 0.717) is 6.54 Å². The summed E-state index contributed by atoms with van der Waals surface area (Å²) in [4.78, 5) is 8.27. The lowest BCUT2D eigenvalue weighted by Crippen LogP contribution is -2.03. The van der Waals surface area contributed by atoms with E-state index in [1.165, 1.54) is 6.33 Å². The van der Waals surface area contributed by atoms with Gasteiger partial charge in [-0.15, -0.1) is 5.10 Å². The van der Waals surface area contributed by atoms with Crippen molar-refractivity contribution in [2.75, 3.05) is 5.32 Å². The van der Waals surface area contributed by atoms with Crippen LogP contribution in [-0.2, 0) is 6.54 Å². The summed E-state index contributed by atoms with van der Waals surface area (Å²) >= 11 is 0. The minimum atomic E-state index is 0.558. The molecule has 0 unspecified atom stereocenters. The molecule has 0 spiro atoms. The van der Waals surface area contributed by atoms with Crippen LogP contribution in [0.15, 0.2) is 73.6 Å². The van der Waals surface area contributed by atoms with Crippen LogP contribution in [0.1, 0.15) is 5.82 Å². The largest absolute Gasteiger partial charge is 0.378 e. The van der Waals surface area contributed by atoms with E-state index in [0.717, 1.165) is 22.9 Å². The highest BCUT2D eigenvalue weighted by Gasteiger charge is 2.03. The SMILES string of the molecule is c1ccc(-n2cnc(CNc3ccc(-n4cncn4)cc3)n2)cc1. The van der Waals surface area contributed by atoms with Crippen LogP contribution in [0.3, 0.4) is 0 Å². The lowest BCUT2D eigenvalue weighted by Gasteiger charge is -2.05. The number of aromatic nitrogens is 6. The molecule has 0 bridgehead atoms. The number of hydrogen-bond acceptors (Lipinski definition) is 5. The number of hydrogen-bond donors (Lipinski definition) is 1. The Bertz CT molecular complexity index is 896. The predicted molar refractivity (Wildman–Crippen MR) is 90.0 cm³/mol. The van der Waals surface area contributed by atoms with Crippen LogP contribution in [0.4, 0.5) is 5.69 Å². The van der Waals surface area contributed by atoms with Gasteiger partial charge in [0.2, 0.25) is 0 Å². The van der Waals surface area contributed by atoms with Gasteiger partial charge in [-0.3, -0.25) is 0 Å². The van der Waals surface area contributed by atoms with Gasteiger partial charge in [0.25, 0.3) is 0 Å². The summed E-state index contributed by atoms with van der Waals surface area (Å²) < 4.78 is 3.48. The first-order chi connectivity index (χ1) is 11.9. The molecule has 0 atom stereocenters. The maximum Gasteiger partial charge on any atom is 0.170 e. The second-order valence-electron chi connectivity index (χ2n) is 5.18. The zero-order valence-corrected chi connectivity index (χ0v) is 12.8. The number of para-hydroxylation sites is 1. The van der Waals surface area contributed by atoms with Gasteiger partial charge < -0.3 is 5.32 Å². The van der Waals surface area contributed by atoms with Gasteiger partial charge in [0.05, 0.1) is 17.9 Å². The summed E-state index contributed by atoms with van der Waals surface area (Å²) in [5.74, 6) is 0.735. The molecule has 2 aromatic heterocycles. The van der Waals surface area contributed by atoms with Gasteiger partial charge in [-0.25, -0.2) is 19.3 Å². The molecule has 0 radical (unpaired) electrons. The summed E-state index contributed by atoms with van der Waals surface area (Å²) in [6.45, 7) is 0.558. The van der Waals surface area contributed by atoms with Gasteiger partial charge in [-0.2, -0.15) is 5.10 Å². The Hall–Kier alpha value is -3.48. The molecule has 118 valence electrons. The molecule has 1 N–H and O–H groups in total. The first-order valence-electron chi connectivity index (χ1n) is 7.53. The smallest absolute Gasteiger partial charge is 0.170 e. The fraction of sp³-hybridized carbons (Fsp3) is 0.0588. The Labute approximate surface area is 138 Å². The van der Waals surface area contributed by atoms with E-state index in [1.54, 1.807) is 22.0 Å². The third kappa shape index (κ3) is 3.00. The molecule has 0 saturated carbocycles. The fourth-order valence-corrected chi connectivity index (χ4v) is 2.34. The van der Waals surface area contributed by atoms with Crippen molar-refractivity contribution in [3.05, 3.63) is 79.4 Å². The summed E-state index contributed by atoms with van der Waals surface area (Å²) in [5, 5.41) is 11.9. The van der Waals surface area contributed by atoms with E-state index in [2.05, 4.69) is 25.5 Å². The normalized spacial score (nSPS) is 10.7. The molecule has 0 fully saturated rings. The van der Waals surface area contributed by atoms with Gasteiger partial charge in [-0.05, 0) is 36.4 Å². The summed E-state index contributed by atoms with van der Waals surface area (Å²) in [6.07, 6.45) is 4.91. The Balaban J connectivity index is 1.41. The molecule has 0 aliphatic carbocycles. The lowest BCUT2D eigenvalue weighted by atomic mass is 10.3. The van der Waals surface area contributed by atoms with Gasteiger partial charge >= 0.3 is 0 Å². The van der Waals surface area contributed by atoms with Gasteiger partial charge in [0.1, 0.15) is 19.0 Å². The quantitative estimate of drug-likeness (QED) is 0.612. The zero-order valence-electron chi connectivity index (χ0n) is 12.8. The first kappa shape index (κ1) is 14.1. The molecular weight excluding hydrogens is 302 g/mol. The molecular formula is C17H15N7. The van der Waals surface area contributed by atoms with Gasteiger partial charge in [0, 0.05) is 5.69 Å². The Morgan fingerprint density at radius 1 is 0.833 bits per heavy atom. The minimum absolute atomic E-state index is 0.558. The van der Waals surface area contributed by atoms with E-state index in [4.69, 9.17) is 0 Å². The van der Waals surface area contributed by atoms with Crippen molar-refractivity contribution in [3.8, 4) is 11.4 Å². The molecule has 7 nitrogen and oxygen atoms in total. The van der Waals surface area contributed by atoms with Gasteiger partial charge in [0.15, 0.2) is 5.82 Å². The zero-order chi connectivity index (χ0) is 16.2. The Kier molecular flexibility index (Phi) is 3.73. The minimum Gasteiger partial charge on any atom is -0.378 e. The van der Waals surface area contributed by atoms with Crippen LogP contribution in [-0.4, -0.2) is 29.5 Å². The molecule has 4 aromatic rings. The highest BCUT2D eigenvalue weighted by atomic mass is 15.3. The second kappa shape index (κ2) is 6.33. The topological polar surface area (TPSA) is 73.5 Å². The van der Waals surface area contributed by atoms with Crippen LogP contribution in [0.2, 0.25) is 0 Å². The van der Waals surface area contributed by atoms with E-state index >= 15 is 0 Å². The van der Waals surface area contributed by atoms with E-state index < -0.39 is 0 Å². The van der Waals surface area contributed by atoms with Crippen molar-refractivity contribution in [2.24, 2.45) is 0 Å². The summed E-state index contributed by atoms with van der Waals surface area (Å²) in [5.41, 5.74) is 2.95. The van der Waals surface area contributed by atoms with Gasteiger partial charge in [-0.1, -0.05) is 18.2 Å². The van der Waals surface area contributed by atoms with Crippen LogP contribution in [0, 0.1) is 0 Å². The number of nitrogens with one attached hydrogen (secondary N) is 1. The maximum absolute atomic E-state index is 4.47. The second-order valence-corrected chi connectivity index (χ2v) is 5.18. The molecule has 2 heterocycles. The van der Waals surface area contributed by atoms with Crippen LogP contribution < -0.4 is 5.32 Å². The first-order valence-corrected chi connectivity index (χ1v) is 7.53. The van der Waals surface area contributed by atoms with E-state index in [1.807, 2.05) is 54.6 Å². The van der Waals surface area contributed by atoms with E-state index in [-0.39, 0.29) is 0 Å². The van der Waals surface area contributed by atoms with Crippen molar-refractivity contribution >= 4 is 5.69 Å². The van der Waals surface area contributed by atoms with Crippen molar-refractivity contribution in [1.82, 2.24) is 29.5 Å².